The Morgan fingerprint density at radius 1 is 1.48 bits per heavy atom. The lowest BCUT2D eigenvalue weighted by molar-refractivity contribution is -0.122. The molecule has 0 aromatic heterocycles. The number of halogens is 1. The van der Waals surface area contributed by atoms with E-state index < -0.39 is 5.54 Å². The molecule has 2 rings (SSSR count). The normalized spacial score (nSPS) is 21.3. The molecule has 1 aliphatic rings. The lowest BCUT2D eigenvalue weighted by Crippen LogP contribution is -2.50. The van der Waals surface area contributed by atoms with Crippen molar-refractivity contribution in [3.8, 4) is 0 Å². The standard InChI is InChI=1S/C16H24ClN3O/c1-4-8-16(9-5-10-18-16)15(21)19-13-11-12(17)6-7-14(13)20(2)3/h6-7,11,18H,4-5,8-10H2,1-3H3,(H,19,21). The molecule has 1 aromatic carbocycles. The van der Waals surface area contributed by atoms with Crippen molar-refractivity contribution in [3.63, 3.8) is 0 Å². The zero-order chi connectivity index (χ0) is 15.5. The number of nitrogens with zero attached hydrogens (tertiary/aromatic N) is 1. The molecule has 1 amide bonds. The van der Waals surface area contributed by atoms with E-state index >= 15 is 0 Å². The summed E-state index contributed by atoms with van der Waals surface area (Å²) < 4.78 is 0. The highest BCUT2D eigenvalue weighted by Crippen LogP contribution is 2.31. The lowest BCUT2D eigenvalue weighted by atomic mass is 9.90. The Balaban J connectivity index is 2.24. The summed E-state index contributed by atoms with van der Waals surface area (Å²) >= 11 is 6.08. The maximum absolute atomic E-state index is 12.8. The molecule has 0 aliphatic carbocycles. The summed E-state index contributed by atoms with van der Waals surface area (Å²) in [4.78, 5) is 14.8. The first kappa shape index (κ1) is 16.1. The Labute approximate surface area is 131 Å². The van der Waals surface area contributed by atoms with Crippen molar-refractivity contribution in [1.82, 2.24) is 5.32 Å². The smallest absolute Gasteiger partial charge is 0.244 e. The fourth-order valence-corrected chi connectivity index (χ4v) is 3.17. The summed E-state index contributed by atoms with van der Waals surface area (Å²) in [6.45, 7) is 3.02. The third-order valence-corrected chi connectivity index (χ3v) is 4.28. The average molecular weight is 310 g/mol. The summed E-state index contributed by atoms with van der Waals surface area (Å²) in [5.74, 6) is 0.0483. The summed E-state index contributed by atoms with van der Waals surface area (Å²) in [5, 5.41) is 7.09. The fraction of sp³-hybridized carbons (Fsp3) is 0.562. The van der Waals surface area contributed by atoms with Crippen LogP contribution in [0.4, 0.5) is 11.4 Å². The second-order valence-electron chi connectivity index (χ2n) is 5.87. The predicted octanol–water partition coefficient (Wildman–Crippen LogP) is 3.27. The zero-order valence-corrected chi connectivity index (χ0v) is 13.8. The second kappa shape index (κ2) is 6.67. The van der Waals surface area contributed by atoms with E-state index in [0.29, 0.717) is 5.02 Å². The minimum absolute atomic E-state index is 0.0483. The van der Waals surface area contributed by atoms with E-state index in [-0.39, 0.29) is 5.91 Å². The van der Waals surface area contributed by atoms with Gasteiger partial charge in [-0.25, -0.2) is 0 Å². The first-order valence-electron chi connectivity index (χ1n) is 7.52. The van der Waals surface area contributed by atoms with Gasteiger partial charge in [-0.15, -0.1) is 0 Å². The molecule has 1 aromatic rings. The summed E-state index contributed by atoms with van der Waals surface area (Å²) in [6, 6.07) is 5.57. The molecule has 1 fully saturated rings. The van der Waals surface area contributed by atoms with E-state index in [0.717, 1.165) is 43.6 Å². The summed E-state index contributed by atoms with van der Waals surface area (Å²) in [5.41, 5.74) is 1.29. The van der Waals surface area contributed by atoms with Gasteiger partial charge in [0.05, 0.1) is 16.9 Å². The number of carbonyl (C=O) groups is 1. The molecule has 116 valence electrons. The molecule has 0 saturated carbocycles. The molecule has 4 nitrogen and oxygen atoms in total. The first-order valence-corrected chi connectivity index (χ1v) is 7.89. The monoisotopic (exact) mass is 309 g/mol. The number of benzene rings is 1. The van der Waals surface area contributed by atoms with E-state index in [1.165, 1.54) is 0 Å². The van der Waals surface area contributed by atoms with Crippen LogP contribution in [-0.2, 0) is 4.79 Å². The van der Waals surface area contributed by atoms with Crippen molar-refractivity contribution in [2.24, 2.45) is 0 Å². The highest BCUT2D eigenvalue weighted by atomic mass is 35.5. The average Bonchev–Trinajstić information content (AvgIpc) is 2.88. The van der Waals surface area contributed by atoms with E-state index in [2.05, 4.69) is 17.6 Å². The van der Waals surface area contributed by atoms with Crippen LogP contribution in [0, 0.1) is 0 Å². The molecule has 1 heterocycles. The molecule has 1 saturated heterocycles. The van der Waals surface area contributed by atoms with Crippen LogP contribution in [0.15, 0.2) is 18.2 Å². The van der Waals surface area contributed by atoms with Crippen LogP contribution in [0.1, 0.15) is 32.6 Å². The molecule has 1 aliphatic heterocycles. The van der Waals surface area contributed by atoms with E-state index in [1.54, 1.807) is 0 Å². The van der Waals surface area contributed by atoms with Gasteiger partial charge < -0.3 is 15.5 Å². The van der Waals surface area contributed by atoms with Crippen molar-refractivity contribution in [3.05, 3.63) is 23.2 Å². The van der Waals surface area contributed by atoms with Crippen molar-refractivity contribution in [2.45, 2.75) is 38.1 Å². The Bertz CT molecular complexity index is 510. The van der Waals surface area contributed by atoms with E-state index in [1.807, 2.05) is 37.2 Å². The predicted molar refractivity (Wildman–Crippen MR) is 89.3 cm³/mol. The van der Waals surface area contributed by atoms with Crippen molar-refractivity contribution < 1.29 is 4.79 Å². The van der Waals surface area contributed by atoms with Crippen LogP contribution < -0.4 is 15.5 Å². The van der Waals surface area contributed by atoms with Crippen LogP contribution in [-0.4, -0.2) is 32.1 Å². The molecule has 0 bridgehead atoms. The van der Waals surface area contributed by atoms with Crippen LogP contribution in [0.2, 0.25) is 5.02 Å². The van der Waals surface area contributed by atoms with E-state index in [4.69, 9.17) is 11.6 Å². The first-order chi connectivity index (χ1) is 9.98. The van der Waals surface area contributed by atoms with Crippen molar-refractivity contribution in [1.29, 1.82) is 0 Å². The highest BCUT2D eigenvalue weighted by Gasteiger charge is 2.40. The van der Waals surface area contributed by atoms with Crippen LogP contribution in [0.3, 0.4) is 0 Å². The van der Waals surface area contributed by atoms with Gasteiger partial charge in [-0.3, -0.25) is 4.79 Å². The fourth-order valence-electron chi connectivity index (χ4n) is 2.99. The van der Waals surface area contributed by atoms with Gasteiger partial charge >= 0.3 is 0 Å². The number of nitrogens with one attached hydrogen (secondary N) is 2. The van der Waals surface area contributed by atoms with Crippen LogP contribution in [0.5, 0.6) is 0 Å². The number of hydrogen-bond acceptors (Lipinski definition) is 3. The Kier molecular flexibility index (Phi) is 5.12. The Hall–Kier alpha value is -1.26. The molecular formula is C16H24ClN3O. The van der Waals surface area contributed by atoms with Crippen molar-refractivity contribution >= 4 is 28.9 Å². The topological polar surface area (TPSA) is 44.4 Å². The Morgan fingerprint density at radius 2 is 2.24 bits per heavy atom. The summed E-state index contributed by atoms with van der Waals surface area (Å²) in [6.07, 6.45) is 3.78. The van der Waals surface area contributed by atoms with Gasteiger partial charge in [0.2, 0.25) is 5.91 Å². The van der Waals surface area contributed by atoms with Gasteiger partial charge in [-0.2, -0.15) is 0 Å². The molecular weight excluding hydrogens is 286 g/mol. The third kappa shape index (κ3) is 3.50. The van der Waals surface area contributed by atoms with Crippen LogP contribution >= 0.6 is 11.6 Å². The number of anilines is 2. The van der Waals surface area contributed by atoms with Crippen molar-refractivity contribution in [2.75, 3.05) is 30.9 Å². The van der Waals surface area contributed by atoms with Gasteiger partial charge in [0.15, 0.2) is 0 Å². The Morgan fingerprint density at radius 3 is 2.81 bits per heavy atom. The summed E-state index contributed by atoms with van der Waals surface area (Å²) in [7, 11) is 3.91. The molecule has 5 heteroatoms. The number of rotatable bonds is 5. The largest absolute Gasteiger partial charge is 0.376 e. The van der Waals surface area contributed by atoms with Gasteiger partial charge in [-0.1, -0.05) is 24.9 Å². The maximum Gasteiger partial charge on any atom is 0.244 e. The number of carbonyl (C=O) groups excluding carboxylic acids is 1. The van der Waals surface area contributed by atoms with Crippen LogP contribution in [0.25, 0.3) is 0 Å². The van der Waals surface area contributed by atoms with Gasteiger partial charge in [0.25, 0.3) is 0 Å². The third-order valence-electron chi connectivity index (χ3n) is 4.04. The molecule has 21 heavy (non-hydrogen) atoms. The molecule has 0 radical (unpaired) electrons. The SMILES string of the molecule is CCCC1(C(=O)Nc2cc(Cl)ccc2N(C)C)CCCN1. The van der Waals surface area contributed by atoms with Gasteiger partial charge in [0, 0.05) is 19.1 Å². The molecule has 2 N–H and O–H groups in total. The molecule has 0 spiro atoms. The molecule has 1 unspecified atom stereocenters. The zero-order valence-electron chi connectivity index (χ0n) is 13.0. The maximum atomic E-state index is 12.8. The molecule has 1 atom stereocenters. The highest BCUT2D eigenvalue weighted by molar-refractivity contribution is 6.31. The minimum atomic E-state index is -0.430. The van der Waals surface area contributed by atoms with Gasteiger partial charge in [-0.05, 0) is 44.0 Å². The number of amides is 1. The lowest BCUT2D eigenvalue weighted by Gasteiger charge is -2.29. The minimum Gasteiger partial charge on any atom is -0.376 e. The van der Waals surface area contributed by atoms with E-state index in [9.17, 15) is 4.79 Å². The van der Waals surface area contributed by atoms with Gasteiger partial charge in [0.1, 0.15) is 0 Å². The quantitative estimate of drug-likeness (QED) is 0.877. The number of hydrogen-bond donors (Lipinski definition) is 2. The second-order valence-corrected chi connectivity index (χ2v) is 6.31.